The molecule has 3 rings (SSSR count). The summed E-state index contributed by atoms with van der Waals surface area (Å²) in [7, 11) is 0. The molecule has 21 heavy (non-hydrogen) atoms. The summed E-state index contributed by atoms with van der Waals surface area (Å²) in [6.07, 6.45) is 1.49. The lowest BCUT2D eigenvalue weighted by Gasteiger charge is -2.25. The van der Waals surface area contributed by atoms with E-state index in [0.29, 0.717) is 10.3 Å². The van der Waals surface area contributed by atoms with Gasteiger partial charge in [-0.15, -0.1) is 11.8 Å². The van der Waals surface area contributed by atoms with Gasteiger partial charge in [0.15, 0.2) is 11.9 Å². The molecule has 0 aliphatic carbocycles. The molecular weight excluding hydrogens is 352 g/mol. The molecule has 0 saturated heterocycles. The van der Waals surface area contributed by atoms with Gasteiger partial charge in [0.05, 0.1) is 5.69 Å². The number of para-hydroxylation sites is 1. The Morgan fingerprint density at radius 2 is 2.29 bits per heavy atom. The van der Waals surface area contributed by atoms with Crippen molar-refractivity contribution in [3.63, 3.8) is 0 Å². The number of halogens is 1. The zero-order valence-corrected chi connectivity index (χ0v) is 14.0. The van der Waals surface area contributed by atoms with Crippen molar-refractivity contribution < 1.29 is 4.74 Å². The average molecular weight is 367 g/mol. The summed E-state index contributed by atoms with van der Waals surface area (Å²) in [6.45, 7) is 2.07. The molecule has 1 aliphatic heterocycles. The Kier molecular flexibility index (Phi) is 4.35. The molecular formula is C15H15BrN2O2S. The van der Waals surface area contributed by atoms with Crippen LogP contribution < -0.4 is 10.3 Å². The lowest BCUT2D eigenvalue weighted by molar-refractivity contribution is 0.209. The van der Waals surface area contributed by atoms with Gasteiger partial charge in [-0.3, -0.25) is 4.79 Å². The molecule has 6 heteroatoms. The van der Waals surface area contributed by atoms with E-state index in [0.717, 1.165) is 34.9 Å². The van der Waals surface area contributed by atoms with E-state index in [1.54, 1.807) is 11.8 Å². The number of H-pyrrole nitrogens is 1. The third kappa shape index (κ3) is 3.01. The minimum atomic E-state index is -0.221. The fourth-order valence-corrected chi connectivity index (χ4v) is 3.61. The topological polar surface area (TPSA) is 55.0 Å². The zero-order valence-electron chi connectivity index (χ0n) is 11.6. The second-order valence-electron chi connectivity index (χ2n) is 4.83. The SMILES string of the molecule is CCCc1nc(C2CSc3ccccc3O2)[nH]c(=O)c1Br. The highest BCUT2D eigenvalue weighted by Gasteiger charge is 2.24. The van der Waals surface area contributed by atoms with Crippen molar-refractivity contribution in [2.45, 2.75) is 30.8 Å². The van der Waals surface area contributed by atoms with Crippen molar-refractivity contribution >= 4 is 27.7 Å². The van der Waals surface area contributed by atoms with Crippen molar-refractivity contribution in [1.29, 1.82) is 0 Å². The Morgan fingerprint density at radius 3 is 3.10 bits per heavy atom. The summed E-state index contributed by atoms with van der Waals surface area (Å²) < 4.78 is 6.50. The normalized spacial score (nSPS) is 17.1. The number of nitrogens with zero attached hydrogens (tertiary/aromatic N) is 1. The Hall–Kier alpha value is -1.27. The Labute approximate surface area is 135 Å². The summed E-state index contributed by atoms with van der Waals surface area (Å²) in [6, 6.07) is 7.92. The monoisotopic (exact) mass is 366 g/mol. The van der Waals surface area contributed by atoms with Gasteiger partial charge in [0.25, 0.3) is 5.56 Å². The molecule has 1 aromatic carbocycles. The fourth-order valence-electron chi connectivity index (χ4n) is 2.23. The van der Waals surface area contributed by atoms with Crippen molar-refractivity contribution in [3.8, 4) is 5.75 Å². The van der Waals surface area contributed by atoms with Crippen LogP contribution in [0.15, 0.2) is 38.4 Å². The first-order valence-corrected chi connectivity index (χ1v) is 8.64. The highest BCUT2D eigenvalue weighted by Crippen LogP contribution is 2.39. The number of ether oxygens (including phenoxy) is 1. The number of thioether (sulfide) groups is 1. The van der Waals surface area contributed by atoms with Gasteiger partial charge in [0.2, 0.25) is 0 Å². The third-order valence-corrected chi connectivity index (χ3v) is 5.19. The van der Waals surface area contributed by atoms with Crippen LogP contribution in [0.3, 0.4) is 0 Å². The van der Waals surface area contributed by atoms with E-state index in [-0.39, 0.29) is 11.7 Å². The number of aryl methyl sites for hydroxylation is 1. The maximum atomic E-state index is 12.0. The molecule has 0 spiro atoms. The average Bonchev–Trinajstić information content (AvgIpc) is 2.51. The molecule has 1 aromatic heterocycles. The van der Waals surface area contributed by atoms with E-state index in [2.05, 4.69) is 32.8 Å². The minimum absolute atomic E-state index is 0.143. The molecule has 2 heterocycles. The van der Waals surface area contributed by atoms with Gasteiger partial charge in [0, 0.05) is 10.6 Å². The number of hydrogen-bond donors (Lipinski definition) is 1. The smallest absolute Gasteiger partial charge is 0.265 e. The Balaban J connectivity index is 1.93. The van der Waals surface area contributed by atoms with Crippen LogP contribution in [0.5, 0.6) is 5.75 Å². The van der Waals surface area contributed by atoms with Crippen LogP contribution >= 0.6 is 27.7 Å². The van der Waals surface area contributed by atoms with Crippen LogP contribution in [0, 0.1) is 0 Å². The first kappa shape index (κ1) is 14.7. The van der Waals surface area contributed by atoms with E-state index < -0.39 is 0 Å². The largest absolute Gasteiger partial charge is 0.480 e. The van der Waals surface area contributed by atoms with Gasteiger partial charge in [-0.1, -0.05) is 25.5 Å². The van der Waals surface area contributed by atoms with Crippen LogP contribution in [-0.4, -0.2) is 15.7 Å². The van der Waals surface area contributed by atoms with E-state index in [1.165, 1.54) is 0 Å². The number of rotatable bonds is 3. The van der Waals surface area contributed by atoms with Crippen LogP contribution in [0.4, 0.5) is 0 Å². The van der Waals surface area contributed by atoms with Gasteiger partial charge in [-0.2, -0.15) is 0 Å². The van der Waals surface area contributed by atoms with Crippen molar-refractivity contribution in [3.05, 3.63) is 50.6 Å². The number of aromatic amines is 1. The third-order valence-electron chi connectivity index (χ3n) is 3.25. The number of aromatic nitrogens is 2. The molecule has 4 nitrogen and oxygen atoms in total. The van der Waals surface area contributed by atoms with E-state index in [9.17, 15) is 4.79 Å². The van der Waals surface area contributed by atoms with Gasteiger partial charge in [0.1, 0.15) is 10.2 Å². The molecule has 110 valence electrons. The molecule has 0 saturated carbocycles. The highest BCUT2D eigenvalue weighted by atomic mass is 79.9. The predicted octanol–water partition coefficient (Wildman–Crippen LogP) is 3.71. The van der Waals surface area contributed by atoms with Gasteiger partial charge in [-0.25, -0.2) is 4.98 Å². The van der Waals surface area contributed by atoms with Crippen molar-refractivity contribution in [2.24, 2.45) is 0 Å². The summed E-state index contributed by atoms with van der Waals surface area (Å²) in [5.74, 6) is 2.20. The van der Waals surface area contributed by atoms with Crippen LogP contribution in [-0.2, 0) is 6.42 Å². The maximum absolute atomic E-state index is 12.0. The van der Waals surface area contributed by atoms with Crippen molar-refractivity contribution in [1.82, 2.24) is 9.97 Å². The molecule has 0 radical (unpaired) electrons. The molecule has 0 fully saturated rings. The summed E-state index contributed by atoms with van der Waals surface area (Å²) in [4.78, 5) is 20.5. The Bertz CT molecular complexity index is 717. The maximum Gasteiger partial charge on any atom is 0.265 e. The minimum Gasteiger partial charge on any atom is -0.480 e. The summed E-state index contributed by atoms with van der Waals surface area (Å²) in [5.41, 5.74) is 0.652. The molecule has 0 amide bonds. The van der Waals surface area contributed by atoms with Crippen LogP contribution in [0.25, 0.3) is 0 Å². The van der Waals surface area contributed by atoms with E-state index >= 15 is 0 Å². The highest BCUT2D eigenvalue weighted by molar-refractivity contribution is 9.10. The number of benzene rings is 1. The van der Waals surface area contributed by atoms with E-state index in [1.807, 2.05) is 24.3 Å². The second-order valence-corrected chi connectivity index (χ2v) is 6.68. The van der Waals surface area contributed by atoms with Gasteiger partial charge < -0.3 is 9.72 Å². The lowest BCUT2D eigenvalue weighted by atomic mass is 10.2. The summed E-state index contributed by atoms with van der Waals surface area (Å²) in [5, 5.41) is 0. The molecule has 0 bridgehead atoms. The Morgan fingerprint density at radius 1 is 1.48 bits per heavy atom. The second kappa shape index (κ2) is 6.23. The zero-order chi connectivity index (χ0) is 14.8. The van der Waals surface area contributed by atoms with Gasteiger partial charge >= 0.3 is 0 Å². The number of nitrogens with one attached hydrogen (secondary N) is 1. The number of hydrogen-bond acceptors (Lipinski definition) is 4. The first-order chi connectivity index (χ1) is 10.2. The first-order valence-electron chi connectivity index (χ1n) is 6.86. The molecule has 1 atom stereocenters. The molecule has 1 unspecified atom stereocenters. The van der Waals surface area contributed by atoms with Gasteiger partial charge in [-0.05, 0) is 34.5 Å². The predicted molar refractivity (Wildman–Crippen MR) is 87.1 cm³/mol. The van der Waals surface area contributed by atoms with E-state index in [4.69, 9.17) is 4.74 Å². The number of fused-ring (bicyclic) bond motifs is 1. The molecule has 1 aliphatic rings. The van der Waals surface area contributed by atoms with Crippen molar-refractivity contribution in [2.75, 3.05) is 5.75 Å². The van der Waals surface area contributed by atoms with Crippen LogP contribution in [0.2, 0.25) is 0 Å². The molecule has 1 N–H and O–H groups in total. The van der Waals surface area contributed by atoms with Crippen LogP contribution in [0.1, 0.15) is 31.0 Å². The quantitative estimate of drug-likeness (QED) is 0.899. The fraction of sp³-hybridized carbons (Fsp3) is 0.333. The summed E-state index contributed by atoms with van der Waals surface area (Å²) >= 11 is 5.04. The lowest BCUT2D eigenvalue weighted by Crippen LogP contribution is -2.23. The standard InChI is InChI=1S/C15H15BrN2O2S/c1-2-5-9-13(16)15(19)18-14(17-9)11-8-21-12-7-4-3-6-10(12)20-11/h3-4,6-7,11H,2,5,8H2,1H3,(H,17,18,19). The molecule has 2 aromatic rings.